The van der Waals surface area contributed by atoms with Gasteiger partial charge in [-0.25, -0.2) is 13.2 Å². The summed E-state index contributed by atoms with van der Waals surface area (Å²) in [7, 11) is -2.27. The third kappa shape index (κ3) is 4.07. The molecule has 0 fully saturated rings. The van der Waals surface area contributed by atoms with E-state index in [-0.39, 0.29) is 12.3 Å². The van der Waals surface area contributed by atoms with Gasteiger partial charge >= 0.3 is 5.97 Å². The minimum Gasteiger partial charge on any atom is -0.465 e. The first kappa shape index (κ1) is 20.0. The van der Waals surface area contributed by atoms with Gasteiger partial charge in [0.2, 0.25) is 15.9 Å². The van der Waals surface area contributed by atoms with Crippen molar-refractivity contribution in [1.29, 1.82) is 0 Å². The normalized spacial score (nSPS) is 16.9. The van der Waals surface area contributed by atoms with Gasteiger partial charge in [-0.05, 0) is 48.7 Å². The highest BCUT2D eigenvalue weighted by Gasteiger charge is 2.37. The van der Waals surface area contributed by atoms with Gasteiger partial charge in [0.15, 0.2) is 0 Å². The Labute approximate surface area is 164 Å². The summed E-state index contributed by atoms with van der Waals surface area (Å²) in [5.41, 5.74) is 2.71. The lowest BCUT2D eigenvalue weighted by Gasteiger charge is -2.34. The average molecular weight is 402 g/mol. The van der Waals surface area contributed by atoms with Crippen LogP contribution in [-0.2, 0) is 32.5 Å². The van der Waals surface area contributed by atoms with Crippen LogP contribution in [0.4, 0.5) is 5.69 Å². The third-order valence-corrected chi connectivity index (χ3v) is 6.63. The number of esters is 1. The summed E-state index contributed by atoms with van der Waals surface area (Å²) in [6.07, 6.45) is 0.307. The van der Waals surface area contributed by atoms with Gasteiger partial charge in [-0.2, -0.15) is 4.31 Å². The molecule has 0 aliphatic carbocycles. The Morgan fingerprint density at radius 2 is 1.75 bits per heavy atom. The standard InChI is InChI=1S/C20H22N2O5S/c1-3-28(25,26)22-13-16-7-5-4-6-15(16)12-18(22)19(23)21-17-10-8-14(9-11-17)20(24)27-2/h4-11,18H,3,12-13H2,1-2H3,(H,21,23)/t18-/m0/s1. The molecule has 0 aromatic heterocycles. The number of hydrogen-bond donors (Lipinski definition) is 1. The number of nitrogens with zero attached hydrogens (tertiary/aromatic N) is 1. The molecule has 0 spiro atoms. The number of hydrogen-bond acceptors (Lipinski definition) is 5. The molecule has 2 aromatic rings. The molecule has 8 heteroatoms. The molecule has 0 radical (unpaired) electrons. The van der Waals surface area contributed by atoms with E-state index in [1.807, 2.05) is 24.3 Å². The molecule has 1 aliphatic heterocycles. The van der Waals surface area contributed by atoms with E-state index in [1.54, 1.807) is 19.1 Å². The van der Waals surface area contributed by atoms with Gasteiger partial charge in [0.25, 0.3) is 0 Å². The summed E-state index contributed by atoms with van der Waals surface area (Å²) in [6.45, 7) is 1.74. The maximum absolute atomic E-state index is 12.9. The van der Waals surface area contributed by atoms with E-state index < -0.39 is 27.9 Å². The largest absolute Gasteiger partial charge is 0.465 e. The Morgan fingerprint density at radius 3 is 2.36 bits per heavy atom. The van der Waals surface area contributed by atoms with Crippen LogP contribution in [0, 0.1) is 0 Å². The van der Waals surface area contributed by atoms with Crippen molar-refractivity contribution < 1.29 is 22.7 Å². The zero-order valence-electron chi connectivity index (χ0n) is 15.7. The number of sulfonamides is 1. The SMILES string of the molecule is CCS(=O)(=O)N1Cc2ccccc2C[C@H]1C(=O)Nc1ccc(C(=O)OC)cc1. The van der Waals surface area contributed by atoms with Gasteiger partial charge in [-0.3, -0.25) is 4.79 Å². The van der Waals surface area contributed by atoms with Crippen molar-refractivity contribution in [2.75, 3.05) is 18.2 Å². The van der Waals surface area contributed by atoms with Crippen LogP contribution in [0.5, 0.6) is 0 Å². The minimum absolute atomic E-state index is 0.0766. The first-order valence-electron chi connectivity index (χ1n) is 8.91. The number of ether oxygens (including phenoxy) is 1. The van der Waals surface area contributed by atoms with Crippen LogP contribution in [-0.4, -0.2) is 43.5 Å². The molecule has 0 bridgehead atoms. The van der Waals surface area contributed by atoms with Crippen LogP contribution in [0.1, 0.15) is 28.4 Å². The molecule has 0 saturated heterocycles. The van der Waals surface area contributed by atoms with Crippen molar-refractivity contribution in [2.45, 2.75) is 25.9 Å². The number of amides is 1. The average Bonchev–Trinajstić information content (AvgIpc) is 2.72. The van der Waals surface area contributed by atoms with Crippen LogP contribution in [0.25, 0.3) is 0 Å². The second-order valence-electron chi connectivity index (χ2n) is 6.49. The predicted octanol–water partition coefficient (Wildman–Crippen LogP) is 2.19. The van der Waals surface area contributed by atoms with Crippen molar-refractivity contribution in [3.63, 3.8) is 0 Å². The van der Waals surface area contributed by atoms with Crippen molar-refractivity contribution in [1.82, 2.24) is 4.31 Å². The van der Waals surface area contributed by atoms with E-state index in [9.17, 15) is 18.0 Å². The molecule has 7 nitrogen and oxygen atoms in total. The maximum atomic E-state index is 12.9. The minimum atomic E-state index is -3.56. The van der Waals surface area contributed by atoms with Crippen molar-refractivity contribution in [2.24, 2.45) is 0 Å². The van der Waals surface area contributed by atoms with Crippen LogP contribution in [0.15, 0.2) is 48.5 Å². The van der Waals surface area contributed by atoms with E-state index in [2.05, 4.69) is 10.1 Å². The molecule has 1 amide bonds. The van der Waals surface area contributed by atoms with E-state index in [0.717, 1.165) is 11.1 Å². The summed E-state index contributed by atoms with van der Waals surface area (Å²) in [5.74, 6) is -0.952. The molecule has 1 aliphatic rings. The van der Waals surface area contributed by atoms with E-state index in [1.165, 1.54) is 23.5 Å². The lowest BCUT2D eigenvalue weighted by atomic mass is 9.95. The Kier molecular flexibility index (Phi) is 5.81. The first-order valence-corrected chi connectivity index (χ1v) is 10.5. The Morgan fingerprint density at radius 1 is 1.11 bits per heavy atom. The summed E-state index contributed by atoms with van der Waals surface area (Å²) >= 11 is 0. The van der Waals surface area contributed by atoms with Crippen molar-refractivity contribution in [3.05, 3.63) is 65.2 Å². The highest BCUT2D eigenvalue weighted by molar-refractivity contribution is 7.89. The van der Waals surface area contributed by atoms with Crippen LogP contribution in [0.3, 0.4) is 0 Å². The zero-order valence-corrected chi connectivity index (χ0v) is 16.5. The molecule has 148 valence electrons. The number of benzene rings is 2. The van der Waals surface area contributed by atoms with Crippen molar-refractivity contribution in [3.8, 4) is 0 Å². The number of methoxy groups -OCH3 is 1. The lowest BCUT2D eigenvalue weighted by molar-refractivity contribution is -0.120. The second kappa shape index (κ2) is 8.12. The van der Waals surface area contributed by atoms with Crippen LogP contribution < -0.4 is 5.32 Å². The van der Waals surface area contributed by atoms with Gasteiger partial charge in [0.1, 0.15) is 6.04 Å². The Balaban J connectivity index is 1.84. The van der Waals surface area contributed by atoms with E-state index in [0.29, 0.717) is 17.7 Å². The fraction of sp³-hybridized carbons (Fsp3) is 0.300. The van der Waals surface area contributed by atoms with Gasteiger partial charge in [0.05, 0.1) is 18.4 Å². The van der Waals surface area contributed by atoms with E-state index >= 15 is 0 Å². The Bertz CT molecular complexity index is 986. The summed E-state index contributed by atoms with van der Waals surface area (Å²) in [4.78, 5) is 24.4. The molecule has 1 heterocycles. The smallest absolute Gasteiger partial charge is 0.337 e. The molecular formula is C20H22N2O5S. The molecular weight excluding hydrogens is 380 g/mol. The number of anilines is 1. The molecule has 1 atom stereocenters. The molecule has 3 rings (SSSR count). The highest BCUT2D eigenvalue weighted by Crippen LogP contribution is 2.27. The topological polar surface area (TPSA) is 92.8 Å². The Hall–Kier alpha value is -2.71. The van der Waals surface area contributed by atoms with Gasteiger partial charge in [-0.15, -0.1) is 0 Å². The highest BCUT2D eigenvalue weighted by atomic mass is 32.2. The maximum Gasteiger partial charge on any atom is 0.337 e. The number of fused-ring (bicyclic) bond motifs is 1. The number of carbonyl (C=O) groups is 2. The fourth-order valence-corrected chi connectivity index (χ4v) is 4.44. The van der Waals surface area contributed by atoms with Gasteiger partial charge in [0, 0.05) is 12.2 Å². The number of nitrogens with one attached hydrogen (secondary N) is 1. The zero-order chi connectivity index (χ0) is 20.3. The monoisotopic (exact) mass is 402 g/mol. The molecule has 0 saturated carbocycles. The number of carbonyl (C=O) groups excluding carboxylic acids is 2. The molecule has 0 unspecified atom stereocenters. The summed E-state index contributed by atoms with van der Waals surface area (Å²) in [5, 5.41) is 2.76. The quantitative estimate of drug-likeness (QED) is 0.774. The molecule has 2 aromatic carbocycles. The molecule has 28 heavy (non-hydrogen) atoms. The first-order chi connectivity index (χ1) is 13.4. The summed E-state index contributed by atoms with van der Waals surface area (Å²) < 4.78 is 31.1. The van der Waals surface area contributed by atoms with Gasteiger partial charge < -0.3 is 10.1 Å². The van der Waals surface area contributed by atoms with Crippen LogP contribution >= 0.6 is 0 Å². The van der Waals surface area contributed by atoms with Crippen molar-refractivity contribution >= 4 is 27.6 Å². The van der Waals surface area contributed by atoms with Gasteiger partial charge in [-0.1, -0.05) is 24.3 Å². The lowest BCUT2D eigenvalue weighted by Crippen LogP contribution is -2.51. The second-order valence-corrected chi connectivity index (χ2v) is 8.70. The fourth-order valence-electron chi connectivity index (χ4n) is 3.21. The predicted molar refractivity (Wildman–Crippen MR) is 105 cm³/mol. The third-order valence-electron chi connectivity index (χ3n) is 4.80. The van der Waals surface area contributed by atoms with Crippen LogP contribution in [0.2, 0.25) is 0 Å². The molecule has 1 N–H and O–H groups in total. The van der Waals surface area contributed by atoms with E-state index in [4.69, 9.17) is 0 Å². The number of rotatable bonds is 5. The summed E-state index contributed by atoms with van der Waals surface area (Å²) in [6, 6.07) is 12.9.